The topological polar surface area (TPSA) is 208 Å². The number of halogens is 1. The molecule has 4 heterocycles. The molecule has 2 fully saturated rings. The molecule has 4 N–H and O–H groups in total. The van der Waals surface area contributed by atoms with Crippen molar-refractivity contribution < 1.29 is 33.3 Å². The zero-order valence-electron chi connectivity index (χ0n) is 30.8. The van der Waals surface area contributed by atoms with Gasteiger partial charge in [0, 0.05) is 40.9 Å². The first kappa shape index (κ1) is 39.0. The number of thiophene rings is 1. The summed E-state index contributed by atoms with van der Waals surface area (Å²) >= 11 is 7.43. The van der Waals surface area contributed by atoms with Gasteiger partial charge in [0.1, 0.15) is 35.1 Å². The van der Waals surface area contributed by atoms with Crippen molar-refractivity contribution in [1.82, 2.24) is 19.1 Å². The van der Waals surface area contributed by atoms with Crippen molar-refractivity contribution in [1.29, 1.82) is 0 Å². The summed E-state index contributed by atoms with van der Waals surface area (Å²) in [4.78, 5) is 63.2. The Hall–Kier alpha value is -5.26. The second-order valence-electron chi connectivity index (χ2n) is 14.1. The largest absolute Gasteiger partial charge is 0.511 e. The fraction of sp³-hybridized carbons (Fsp3) is 0.447. The van der Waals surface area contributed by atoms with Crippen LogP contribution in [0, 0.1) is 0 Å². The summed E-state index contributed by atoms with van der Waals surface area (Å²) in [7, 11) is 0. The van der Waals surface area contributed by atoms with Gasteiger partial charge in [0.25, 0.3) is 5.56 Å². The van der Waals surface area contributed by atoms with Gasteiger partial charge in [-0.15, -0.1) is 11.3 Å². The van der Waals surface area contributed by atoms with Crippen molar-refractivity contribution in [3.8, 4) is 22.5 Å². The Kier molecular flexibility index (Phi) is 12.0. The van der Waals surface area contributed by atoms with Gasteiger partial charge in [-0.25, -0.2) is 34.8 Å². The minimum Gasteiger partial charge on any atom is -0.446 e. The molecule has 1 aromatic carbocycles. The predicted molar refractivity (Wildman–Crippen MR) is 208 cm³/mol. The maximum Gasteiger partial charge on any atom is 0.511 e. The molecule has 18 heteroatoms. The molecular formula is C38H43ClN8O8S. The van der Waals surface area contributed by atoms with Gasteiger partial charge in [-0.3, -0.25) is 14.4 Å². The lowest BCUT2D eigenvalue weighted by atomic mass is 9.98. The van der Waals surface area contributed by atoms with E-state index >= 15 is 0 Å². The van der Waals surface area contributed by atoms with E-state index in [0.717, 1.165) is 75.5 Å². The number of ether oxygens (including phenoxy) is 4. The average molecular weight is 807 g/mol. The minimum absolute atomic E-state index is 0.203. The molecule has 296 valence electrons. The van der Waals surface area contributed by atoms with E-state index in [-0.39, 0.29) is 22.6 Å². The Labute approximate surface area is 331 Å². The maximum absolute atomic E-state index is 14.1. The minimum atomic E-state index is -1.19. The van der Waals surface area contributed by atoms with Crippen molar-refractivity contribution in [2.75, 3.05) is 5.01 Å². The van der Waals surface area contributed by atoms with Crippen molar-refractivity contribution in [3.05, 3.63) is 73.8 Å². The SMILES string of the molecule is CC(OC(=O)OC1CCCCC1)OC(=O)c1cc(-c2cnc([C@@H]3CCc4nc(-c5cc(Cl)ccc5N(N)/C=N\N)cc(=O)n43)n2C(=O)OC2CCCCC2)cs1. The second kappa shape index (κ2) is 17.3. The van der Waals surface area contributed by atoms with E-state index in [1.165, 1.54) is 39.7 Å². The summed E-state index contributed by atoms with van der Waals surface area (Å²) < 4.78 is 24.9. The number of aryl methyl sites for hydroxylation is 1. The van der Waals surface area contributed by atoms with Crippen LogP contribution in [-0.2, 0) is 25.4 Å². The van der Waals surface area contributed by atoms with Gasteiger partial charge < -0.3 is 24.8 Å². The molecule has 0 amide bonds. The molecule has 0 radical (unpaired) electrons. The molecule has 4 aromatic rings. The van der Waals surface area contributed by atoms with Crippen molar-refractivity contribution in [2.45, 2.75) is 109 Å². The molecule has 1 unspecified atom stereocenters. The molecule has 7 rings (SSSR count). The summed E-state index contributed by atoms with van der Waals surface area (Å²) in [6.07, 6.45) is 9.51. The molecule has 1 aliphatic heterocycles. The maximum atomic E-state index is 14.1. The zero-order chi connectivity index (χ0) is 39.3. The van der Waals surface area contributed by atoms with Crippen molar-refractivity contribution in [2.24, 2.45) is 16.8 Å². The van der Waals surface area contributed by atoms with Crippen LogP contribution in [-0.4, -0.2) is 62.2 Å². The van der Waals surface area contributed by atoms with Crippen LogP contribution in [0.15, 0.2) is 51.8 Å². The Morgan fingerprint density at radius 3 is 2.43 bits per heavy atom. The van der Waals surface area contributed by atoms with E-state index in [1.54, 1.807) is 29.6 Å². The van der Waals surface area contributed by atoms with Gasteiger partial charge in [-0.05, 0) is 82.1 Å². The van der Waals surface area contributed by atoms with Crippen LogP contribution >= 0.6 is 22.9 Å². The van der Waals surface area contributed by atoms with E-state index in [2.05, 4.69) is 10.1 Å². The number of carbonyl (C=O) groups excluding carboxylic acids is 3. The summed E-state index contributed by atoms with van der Waals surface area (Å²) in [5.74, 6) is 11.5. The van der Waals surface area contributed by atoms with Crippen LogP contribution in [0.25, 0.3) is 22.5 Å². The normalized spacial score (nSPS) is 18.0. The number of anilines is 1. The third-order valence-corrected chi connectivity index (χ3v) is 11.4. The highest BCUT2D eigenvalue weighted by molar-refractivity contribution is 7.12. The molecular weight excluding hydrogens is 764 g/mol. The number of fused-ring (bicyclic) bond motifs is 1. The number of imidazole rings is 1. The van der Waals surface area contributed by atoms with Crippen LogP contribution in [0.2, 0.25) is 5.02 Å². The van der Waals surface area contributed by atoms with E-state index in [9.17, 15) is 19.2 Å². The Morgan fingerprint density at radius 1 is 1.00 bits per heavy atom. The number of benzene rings is 1. The van der Waals surface area contributed by atoms with Crippen molar-refractivity contribution in [3.63, 3.8) is 0 Å². The lowest BCUT2D eigenvalue weighted by Gasteiger charge is -2.23. The van der Waals surface area contributed by atoms with Gasteiger partial charge in [0.15, 0.2) is 0 Å². The molecule has 2 saturated carbocycles. The van der Waals surface area contributed by atoms with E-state index < -0.39 is 30.5 Å². The average Bonchev–Trinajstić information content (AvgIpc) is 3.94. The molecule has 56 heavy (non-hydrogen) atoms. The number of hydrazine groups is 1. The Morgan fingerprint density at radius 2 is 1.71 bits per heavy atom. The first-order chi connectivity index (χ1) is 27.1. The van der Waals surface area contributed by atoms with Gasteiger partial charge in [-0.1, -0.05) is 24.4 Å². The van der Waals surface area contributed by atoms with Crippen LogP contribution in [0.3, 0.4) is 0 Å². The van der Waals surface area contributed by atoms with Gasteiger partial charge >= 0.3 is 18.2 Å². The van der Waals surface area contributed by atoms with Crippen LogP contribution < -0.4 is 22.3 Å². The second-order valence-corrected chi connectivity index (χ2v) is 15.4. The lowest BCUT2D eigenvalue weighted by molar-refractivity contribution is -0.0912. The third kappa shape index (κ3) is 8.59. The lowest BCUT2D eigenvalue weighted by Crippen LogP contribution is -2.31. The molecule has 2 aliphatic carbocycles. The molecule has 3 aliphatic rings. The van der Waals surface area contributed by atoms with Crippen LogP contribution in [0.5, 0.6) is 0 Å². The zero-order valence-corrected chi connectivity index (χ0v) is 32.4. The number of nitrogens with zero attached hydrogens (tertiary/aromatic N) is 6. The number of esters is 1. The molecule has 2 atom stereocenters. The van der Waals surface area contributed by atoms with Gasteiger partial charge in [0.05, 0.1) is 29.3 Å². The van der Waals surface area contributed by atoms with E-state index in [4.69, 9.17) is 47.2 Å². The van der Waals surface area contributed by atoms with Crippen LogP contribution in [0.4, 0.5) is 15.3 Å². The number of aromatic nitrogens is 4. The number of carbonyl (C=O) groups is 3. The first-order valence-corrected chi connectivity index (χ1v) is 20.0. The monoisotopic (exact) mass is 806 g/mol. The smallest absolute Gasteiger partial charge is 0.446 e. The fourth-order valence-corrected chi connectivity index (χ4v) is 8.52. The number of hydrogen-bond acceptors (Lipinski definition) is 14. The van der Waals surface area contributed by atoms with E-state index in [1.807, 2.05) is 0 Å². The molecule has 0 saturated heterocycles. The highest BCUT2D eigenvalue weighted by Gasteiger charge is 2.35. The Bertz CT molecular complexity index is 2170. The van der Waals surface area contributed by atoms with Gasteiger partial charge in [0.2, 0.25) is 6.29 Å². The first-order valence-electron chi connectivity index (χ1n) is 18.7. The fourth-order valence-electron chi connectivity index (χ4n) is 7.57. The number of hydrogen-bond donors (Lipinski definition) is 2. The third-order valence-electron chi connectivity index (χ3n) is 10.2. The highest BCUT2D eigenvalue weighted by Crippen LogP contribution is 2.36. The van der Waals surface area contributed by atoms with Crippen LogP contribution in [0.1, 0.15) is 105 Å². The Balaban J connectivity index is 1.16. The number of hydrazone groups is 1. The molecule has 0 spiro atoms. The molecule has 0 bridgehead atoms. The molecule has 16 nitrogen and oxygen atoms in total. The highest BCUT2D eigenvalue weighted by atomic mass is 35.5. The standard InChI is InChI=1S/C38H43ClN8O8S/c1-22(53-38(51)55-26-10-6-3-7-11-26)52-36(49)32-16-23(20-56-32)31-19-42-35(47(31)37(50)54-25-8-4-2-5-9-25)30-14-15-33-44-28(18-34(48)46(30)33)27-17-24(39)12-13-29(27)45(41)21-43-40/h12-13,16-22,25-26,30H,2-11,14-15,40-41H2,1H3/b43-21-/t22?,30-/m0/s1. The van der Waals surface area contributed by atoms with Gasteiger partial charge in [-0.2, -0.15) is 5.10 Å². The number of nitrogens with two attached hydrogens (primary N) is 2. The molecule has 3 aromatic heterocycles. The predicted octanol–water partition coefficient (Wildman–Crippen LogP) is 6.91. The van der Waals surface area contributed by atoms with Crippen molar-refractivity contribution >= 4 is 53.2 Å². The summed E-state index contributed by atoms with van der Waals surface area (Å²) in [6.45, 7) is 1.44. The summed E-state index contributed by atoms with van der Waals surface area (Å²) in [6, 6.07) is 7.27. The van der Waals surface area contributed by atoms with E-state index in [0.29, 0.717) is 57.7 Å². The quantitative estimate of drug-likeness (QED) is 0.0318. The summed E-state index contributed by atoms with van der Waals surface area (Å²) in [5.41, 5.74) is 1.82. The summed E-state index contributed by atoms with van der Waals surface area (Å²) in [5, 5.41) is 6.80. The number of rotatable bonds is 10.